The van der Waals surface area contributed by atoms with Gasteiger partial charge in [0.1, 0.15) is 5.78 Å². The topological polar surface area (TPSA) is 17.1 Å². The summed E-state index contributed by atoms with van der Waals surface area (Å²) < 4.78 is 0. The zero-order valence-electron chi connectivity index (χ0n) is 7.88. The zero-order chi connectivity index (χ0) is 8.55. The minimum absolute atomic E-state index is 0.468. The maximum atomic E-state index is 11.6. The van der Waals surface area contributed by atoms with Crippen LogP contribution in [0.1, 0.15) is 45.4 Å². The molecule has 2 aliphatic rings. The van der Waals surface area contributed by atoms with Crippen molar-refractivity contribution in [1.29, 1.82) is 0 Å². The Kier molecular flexibility index (Phi) is 2.20. The maximum Gasteiger partial charge on any atom is 0.136 e. The highest BCUT2D eigenvalue weighted by Gasteiger charge is 2.35. The number of rotatable bonds is 0. The third-order valence-corrected chi connectivity index (χ3v) is 3.58. The summed E-state index contributed by atoms with van der Waals surface area (Å²) in [6.45, 7) is 2.22. The fraction of sp³-hybridized carbons (Fsp3) is 0.909. The van der Waals surface area contributed by atoms with Crippen molar-refractivity contribution in [3.8, 4) is 0 Å². The molecule has 0 spiro atoms. The van der Waals surface area contributed by atoms with Crippen LogP contribution in [0.3, 0.4) is 0 Å². The van der Waals surface area contributed by atoms with Crippen LogP contribution in [0.15, 0.2) is 0 Å². The van der Waals surface area contributed by atoms with Gasteiger partial charge in [-0.2, -0.15) is 0 Å². The van der Waals surface area contributed by atoms with Crippen molar-refractivity contribution >= 4 is 5.78 Å². The van der Waals surface area contributed by atoms with Crippen LogP contribution < -0.4 is 0 Å². The van der Waals surface area contributed by atoms with E-state index < -0.39 is 0 Å². The van der Waals surface area contributed by atoms with Crippen molar-refractivity contribution in [3.05, 3.63) is 0 Å². The summed E-state index contributed by atoms with van der Waals surface area (Å²) >= 11 is 0. The second-order valence-corrected chi connectivity index (χ2v) is 4.66. The first-order chi connectivity index (χ1) is 5.77. The molecule has 0 radical (unpaired) electrons. The molecule has 0 aromatic rings. The maximum absolute atomic E-state index is 11.6. The van der Waals surface area contributed by atoms with E-state index in [1.165, 1.54) is 32.1 Å². The van der Waals surface area contributed by atoms with E-state index in [9.17, 15) is 4.79 Å². The van der Waals surface area contributed by atoms with E-state index in [1.807, 2.05) is 0 Å². The second-order valence-electron chi connectivity index (χ2n) is 4.66. The van der Waals surface area contributed by atoms with Crippen LogP contribution >= 0.6 is 0 Å². The molecule has 1 unspecified atom stereocenters. The summed E-state index contributed by atoms with van der Waals surface area (Å²) in [5.74, 6) is 2.46. The standard InChI is InChI=1S/C11H18O/c1-8-6-9-4-2-3-5-10(9)11(12)7-8/h8-10H,2-7H2,1H3/t8?,9-,10+/m1/s1. The number of carbonyl (C=O) groups excluding carboxylic acids is 1. The fourth-order valence-corrected chi connectivity index (χ4v) is 3.01. The molecule has 3 atom stereocenters. The van der Waals surface area contributed by atoms with E-state index in [4.69, 9.17) is 0 Å². The van der Waals surface area contributed by atoms with Gasteiger partial charge in [0.05, 0.1) is 0 Å². The average molecular weight is 166 g/mol. The van der Waals surface area contributed by atoms with Crippen LogP contribution in [0, 0.1) is 17.8 Å². The van der Waals surface area contributed by atoms with Crippen molar-refractivity contribution in [2.75, 3.05) is 0 Å². The first-order valence-corrected chi connectivity index (χ1v) is 5.30. The highest BCUT2D eigenvalue weighted by molar-refractivity contribution is 5.82. The zero-order valence-corrected chi connectivity index (χ0v) is 7.88. The summed E-state index contributed by atoms with van der Waals surface area (Å²) in [5, 5.41) is 0. The Balaban J connectivity index is 2.06. The number of carbonyl (C=O) groups is 1. The third-order valence-electron chi connectivity index (χ3n) is 3.58. The molecule has 0 N–H and O–H groups in total. The van der Waals surface area contributed by atoms with E-state index in [0.717, 1.165) is 12.3 Å². The minimum atomic E-state index is 0.468. The first-order valence-electron chi connectivity index (χ1n) is 5.30. The van der Waals surface area contributed by atoms with Crippen LogP contribution in [0.2, 0.25) is 0 Å². The lowest BCUT2D eigenvalue weighted by Crippen LogP contribution is -2.34. The largest absolute Gasteiger partial charge is 0.299 e. The molecule has 2 saturated carbocycles. The Hall–Kier alpha value is -0.330. The van der Waals surface area contributed by atoms with Gasteiger partial charge in [-0.25, -0.2) is 0 Å². The van der Waals surface area contributed by atoms with Crippen LogP contribution in [0.25, 0.3) is 0 Å². The smallest absolute Gasteiger partial charge is 0.136 e. The number of Topliss-reactive ketones (excluding diaryl/α,β-unsaturated/α-hetero) is 1. The van der Waals surface area contributed by atoms with Gasteiger partial charge in [-0.15, -0.1) is 0 Å². The molecule has 1 nitrogen and oxygen atoms in total. The normalized spacial score (nSPS) is 42.4. The van der Waals surface area contributed by atoms with Gasteiger partial charge < -0.3 is 0 Å². The Morgan fingerprint density at radius 3 is 2.83 bits per heavy atom. The van der Waals surface area contributed by atoms with Gasteiger partial charge in [-0.1, -0.05) is 19.8 Å². The predicted octanol–water partition coefficient (Wildman–Crippen LogP) is 2.79. The molecule has 0 bridgehead atoms. The van der Waals surface area contributed by atoms with Crippen LogP contribution in [0.5, 0.6) is 0 Å². The minimum Gasteiger partial charge on any atom is -0.299 e. The molecule has 12 heavy (non-hydrogen) atoms. The number of fused-ring (bicyclic) bond motifs is 1. The van der Waals surface area contributed by atoms with Crippen LogP contribution in [0.4, 0.5) is 0 Å². The van der Waals surface area contributed by atoms with Crippen LogP contribution in [-0.2, 0) is 4.79 Å². The molecular formula is C11H18O. The highest BCUT2D eigenvalue weighted by Crippen LogP contribution is 2.40. The molecule has 0 saturated heterocycles. The van der Waals surface area contributed by atoms with E-state index >= 15 is 0 Å². The highest BCUT2D eigenvalue weighted by atomic mass is 16.1. The molecule has 2 aliphatic carbocycles. The Morgan fingerprint density at radius 1 is 1.25 bits per heavy atom. The predicted molar refractivity (Wildman–Crippen MR) is 48.9 cm³/mol. The van der Waals surface area contributed by atoms with Gasteiger partial charge >= 0.3 is 0 Å². The van der Waals surface area contributed by atoms with Crippen molar-refractivity contribution in [2.45, 2.75) is 45.4 Å². The summed E-state index contributed by atoms with van der Waals surface area (Å²) in [5.41, 5.74) is 0. The van der Waals surface area contributed by atoms with E-state index in [-0.39, 0.29) is 0 Å². The monoisotopic (exact) mass is 166 g/mol. The first kappa shape index (κ1) is 8.28. The van der Waals surface area contributed by atoms with Gasteiger partial charge in [0.15, 0.2) is 0 Å². The summed E-state index contributed by atoms with van der Waals surface area (Å²) in [6, 6.07) is 0. The molecule has 0 aliphatic heterocycles. The Labute approximate surface area is 74.5 Å². The number of hydrogen-bond acceptors (Lipinski definition) is 1. The molecule has 68 valence electrons. The average Bonchev–Trinajstić information content (AvgIpc) is 2.04. The second kappa shape index (κ2) is 3.20. The Bertz CT molecular complexity index is 185. The third kappa shape index (κ3) is 1.41. The van der Waals surface area contributed by atoms with Crippen molar-refractivity contribution in [2.24, 2.45) is 17.8 Å². The van der Waals surface area contributed by atoms with E-state index in [2.05, 4.69) is 6.92 Å². The fourth-order valence-electron chi connectivity index (χ4n) is 3.01. The van der Waals surface area contributed by atoms with Gasteiger partial charge in [-0.3, -0.25) is 4.79 Å². The molecule has 2 fully saturated rings. The van der Waals surface area contributed by atoms with Crippen molar-refractivity contribution < 1.29 is 4.79 Å². The lowest BCUT2D eigenvalue weighted by atomic mass is 9.67. The molecule has 0 amide bonds. The molecule has 1 heteroatoms. The number of hydrogen-bond donors (Lipinski definition) is 0. The lowest BCUT2D eigenvalue weighted by molar-refractivity contribution is -0.129. The molecule has 0 aromatic carbocycles. The molecule has 2 rings (SSSR count). The molecule has 0 aromatic heterocycles. The van der Waals surface area contributed by atoms with E-state index in [0.29, 0.717) is 17.6 Å². The van der Waals surface area contributed by atoms with Gasteiger partial charge in [-0.05, 0) is 31.1 Å². The summed E-state index contributed by atoms with van der Waals surface area (Å²) in [4.78, 5) is 11.6. The Morgan fingerprint density at radius 2 is 2.00 bits per heavy atom. The van der Waals surface area contributed by atoms with Crippen molar-refractivity contribution in [3.63, 3.8) is 0 Å². The lowest BCUT2D eigenvalue weighted by Gasteiger charge is -2.36. The number of ketones is 1. The van der Waals surface area contributed by atoms with Crippen LogP contribution in [-0.4, -0.2) is 5.78 Å². The summed E-state index contributed by atoms with van der Waals surface area (Å²) in [7, 11) is 0. The molecule has 0 heterocycles. The summed E-state index contributed by atoms with van der Waals surface area (Å²) in [6.07, 6.45) is 7.34. The van der Waals surface area contributed by atoms with Gasteiger partial charge in [0, 0.05) is 12.3 Å². The van der Waals surface area contributed by atoms with E-state index in [1.54, 1.807) is 0 Å². The van der Waals surface area contributed by atoms with Crippen molar-refractivity contribution in [1.82, 2.24) is 0 Å². The van der Waals surface area contributed by atoms with Gasteiger partial charge in [0.2, 0.25) is 0 Å². The van der Waals surface area contributed by atoms with Gasteiger partial charge in [0.25, 0.3) is 0 Å². The SMILES string of the molecule is CC1CC(=O)[C@H]2CCCC[C@@H]2C1. The quantitative estimate of drug-likeness (QED) is 0.541. The molecular weight excluding hydrogens is 148 g/mol.